The van der Waals surface area contributed by atoms with Crippen LogP contribution in [0.5, 0.6) is 11.5 Å². The first-order chi connectivity index (χ1) is 24.0. The van der Waals surface area contributed by atoms with Crippen LogP contribution in [-0.4, -0.2) is 75.0 Å². The summed E-state index contributed by atoms with van der Waals surface area (Å²) in [5.74, 6) is 0.261. The number of aromatic nitrogens is 1. The number of amides is 2. The second-order valence-corrected chi connectivity index (χ2v) is 18.4. The maximum Gasteiger partial charge on any atom is 0.297 e. The van der Waals surface area contributed by atoms with Crippen molar-refractivity contribution in [1.29, 1.82) is 0 Å². The zero-order valence-electron chi connectivity index (χ0n) is 29.5. The Morgan fingerprint density at radius 1 is 0.980 bits per heavy atom. The summed E-state index contributed by atoms with van der Waals surface area (Å²) in [6.07, 6.45) is 1.10. The minimum atomic E-state index is -2.51. The number of carbonyl (C=O) groups is 2. The van der Waals surface area contributed by atoms with Gasteiger partial charge in [0.25, 0.3) is 11.5 Å². The Hall–Kier alpha value is -4.71. The van der Waals surface area contributed by atoms with Gasteiger partial charge in [-0.15, -0.1) is 0 Å². The molecule has 1 spiro atoms. The number of likely N-dealkylation sites (N-methyl/N-ethyl adjacent to an activating group) is 1. The van der Waals surface area contributed by atoms with Crippen molar-refractivity contribution < 1.29 is 28.9 Å². The summed E-state index contributed by atoms with van der Waals surface area (Å²) in [7, 11) is 2.32. The standard InChI is InChI=1S/C39H45N3O7Si/c1-26-36(50(5,6)30-17-15-29(47-3)16-18-30)34(24-35(44)41(21-22-43)25-27-11-8-7-9-12-27)49-39(26)31-23-28(14-19-32(31)40(2)38(39)46)42-20-10-13-33(48-4)37(42)45/h7-20,23,26,34,36,43H,21-22,24-25H2,1-6H3/t26-,34+,36-,39+/m0/s1. The third-order valence-electron chi connectivity index (χ3n) is 10.7. The van der Waals surface area contributed by atoms with Crippen LogP contribution >= 0.6 is 0 Å². The van der Waals surface area contributed by atoms with Crippen molar-refractivity contribution in [3.05, 3.63) is 113 Å². The van der Waals surface area contributed by atoms with Gasteiger partial charge in [-0.05, 0) is 53.6 Å². The van der Waals surface area contributed by atoms with Gasteiger partial charge in [0.2, 0.25) is 5.91 Å². The SMILES string of the molecule is COc1ccc([Si](C)(C)[C@@H]2[C@@H](CC(=O)N(CCO)Cc3ccccc3)O[C@]3(C(=O)N(C)c4ccc(-n5cccc(OC)c5=O)cc43)[C@H]2C)cc1. The lowest BCUT2D eigenvalue weighted by Gasteiger charge is -2.37. The van der Waals surface area contributed by atoms with Crippen LogP contribution in [0.2, 0.25) is 18.6 Å². The Balaban J connectivity index is 1.46. The quantitative estimate of drug-likeness (QED) is 0.231. The van der Waals surface area contributed by atoms with Gasteiger partial charge in [0.1, 0.15) is 5.75 Å². The molecule has 2 aliphatic heterocycles. The molecule has 0 aliphatic carbocycles. The van der Waals surface area contributed by atoms with Crippen LogP contribution in [0.1, 0.15) is 24.5 Å². The van der Waals surface area contributed by atoms with Gasteiger partial charge in [-0.3, -0.25) is 19.0 Å². The van der Waals surface area contributed by atoms with Crippen molar-refractivity contribution in [3.8, 4) is 17.2 Å². The third-order valence-corrected chi connectivity index (χ3v) is 15.0. The number of pyridine rings is 1. The highest BCUT2D eigenvalue weighted by molar-refractivity contribution is 6.91. The number of benzene rings is 3. The zero-order valence-corrected chi connectivity index (χ0v) is 30.5. The molecule has 1 fully saturated rings. The maximum atomic E-state index is 14.6. The normalized spacial score (nSPS) is 21.4. The number of hydrogen-bond acceptors (Lipinski definition) is 7. The number of hydrogen-bond donors (Lipinski definition) is 1. The average Bonchev–Trinajstić information content (AvgIpc) is 3.53. The van der Waals surface area contributed by atoms with Crippen LogP contribution in [0.25, 0.3) is 5.69 Å². The highest BCUT2D eigenvalue weighted by Gasteiger charge is 2.66. The molecule has 1 aromatic heterocycles. The van der Waals surface area contributed by atoms with Crippen molar-refractivity contribution in [2.24, 2.45) is 5.92 Å². The number of aliphatic hydroxyl groups excluding tert-OH is 1. The molecule has 0 saturated carbocycles. The Labute approximate surface area is 293 Å². The monoisotopic (exact) mass is 695 g/mol. The number of anilines is 1. The van der Waals surface area contributed by atoms with E-state index in [-0.39, 0.29) is 54.2 Å². The van der Waals surface area contributed by atoms with Gasteiger partial charge in [-0.25, -0.2) is 0 Å². The Morgan fingerprint density at radius 2 is 1.70 bits per heavy atom. The number of fused-ring (bicyclic) bond motifs is 2. The van der Waals surface area contributed by atoms with Crippen LogP contribution in [0, 0.1) is 5.92 Å². The largest absolute Gasteiger partial charge is 0.497 e. The number of rotatable bonds is 11. The van der Waals surface area contributed by atoms with E-state index in [0.717, 1.165) is 16.5 Å². The van der Waals surface area contributed by atoms with E-state index in [2.05, 4.69) is 32.2 Å². The van der Waals surface area contributed by atoms with E-state index in [9.17, 15) is 19.5 Å². The average molecular weight is 696 g/mol. The first kappa shape index (κ1) is 35.1. The molecule has 10 nitrogen and oxygen atoms in total. The molecule has 4 aromatic rings. The number of nitrogens with zero attached hydrogens (tertiary/aromatic N) is 3. The Bertz CT molecular complexity index is 1930. The zero-order chi connectivity index (χ0) is 35.8. The lowest BCUT2D eigenvalue weighted by Crippen LogP contribution is -2.52. The van der Waals surface area contributed by atoms with E-state index in [1.807, 2.05) is 60.7 Å². The number of ether oxygens (including phenoxy) is 3. The van der Waals surface area contributed by atoms with Crippen molar-refractivity contribution in [3.63, 3.8) is 0 Å². The molecular formula is C39H45N3O7Si. The van der Waals surface area contributed by atoms with Crippen molar-refractivity contribution in [1.82, 2.24) is 9.47 Å². The van der Waals surface area contributed by atoms with Gasteiger partial charge in [0.15, 0.2) is 11.4 Å². The smallest absolute Gasteiger partial charge is 0.297 e. The molecule has 4 atom stereocenters. The molecule has 1 N–H and O–H groups in total. The molecule has 11 heteroatoms. The van der Waals surface area contributed by atoms with Crippen LogP contribution < -0.4 is 25.1 Å². The maximum absolute atomic E-state index is 14.6. The molecule has 0 radical (unpaired) electrons. The highest BCUT2D eigenvalue weighted by Crippen LogP contribution is 2.60. The van der Waals surface area contributed by atoms with Crippen LogP contribution in [-0.2, 0) is 26.5 Å². The predicted octanol–water partition coefficient (Wildman–Crippen LogP) is 4.46. The summed E-state index contributed by atoms with van der Waals surface area (Å²) < 4.78 is 19.4. The summed E-state index contributed by atoms with van der Waals surface area (Å²) >= 11 is 0. The molecule has 2 aliphatic rings. The first-order valence-corrected chi connectivity index (χ1v) is 20.0. The molecule has 0 unspecified atom stereocenters. The molecule has 0 bridgehead atoms. The van der Waals surface area contributed by atoms with Crippen molar-refractivity contribution in [2.75, 3.05) is 39.3 Å². The molecular weight excluding hydrogens is 651 g/mol. The fraction of sp³-hybridized carbons (Fsp3) is 0.359. The Morgan fingerprint density at radius 3 is 2.36 bits per heavy atom. The van der Waals surface area contributed by atoms with E-state index in [4.69, 9.17) is 14.2 Å². The van der Waals surface area contributed by atoms with Crippen molar-refractivity contribution >= 4 is 30.8 Å². The molecule has 50 heavy (non-hydrogen) atoms. The lowest BCUT2D eigenvalue weighted by molar-refractivity contribution is -0.149. The number of methoxy groups -OCH3 is 2. The minimum Gasteiger partial charge on any atom is -0.497 e. The predicted molar refractivity (Wildman–Crippen MR) is 195 cm³/mol. The summed E-state index contributed by atoms with van der Waals surface area (Å²) in [5, 5.41) is 11.1. The van der Waals surface area contributed by atoms with Gasteiger partial charge in [0, 0.05) is 43.5 Å². The second-order valence-electron chi connectivity index (χ2n) is 13.7. The summed E-state index contributed by atoms with van der Waals surface area (Å²) in [5.41, 5.74) is 1.01. The van der Waals surface area contributed by atoms with Gasteiger partial charge in [-0.1, -0.05) is 67.7 Å². The second kappa shape index (κ2) is 13.9. The summed E-state index contributed by atoms with van der Waals surface area (Å²) in [6, 6.07) is 26.6. The number of aliphatic hydroxyl groups is 1. The van der Waals surface area contributed by atoms with Gasteiger partial charge in [0.05, 0.1) is 47.1 Å². The third kappa shape index (κ3) is 5.93. The topological polar surface area (TPSA) is 111 Å². The molecule has 2 amide bonds. The molecule has 262 valence electrons. The summed E-state index contributed by atoms with van der Waals surface area (Å²) in [4.78, 5) is 45.4. The molecule has 1 saturated heterocycles. The first-order valence-electron chi connectivity index (χ1n) is 16.9. The van der Waals surface area contributed by atoms with Crippen LogP contribution in [0.15, 0.2) is 95.9 Å². The fourth-order valence-corrected chi connectivity index (χ4v) is 12.1. The fourth-order valence-electron chi connectivity index (χ4n) is 8.11. The highest BCUT2D eigenvalue weighted by atomic mass is 28.3. The molecule has 6 rings (SSSR count). The minimum absolute atomic E-state index is 0.0392. The number of carbonyl (C=O) groups excluding carboxylic acids is 2. The molecule has 3 heterocycles. The van der Waals surface area contributed by atoms with Crippen LogP contribution in [0.4, 0.5) is 5.69 Å². The van der Waals surface area contributed by atoms with E-state index < -0.39 is 19.8 Å². The van der Waals surface area contributed by atoms with E-state index in [1.54, 1.807) is 42.3 Å². The van der Waals surface area contributed by atoms with Gasteiger partial charge >= 0.3 is 0 Å². The van der Waals surface area contributed by atoms with E-state index in [0.29, 0.717) is 23.5 Å². The Kier molecular flexibility index (Phi) is 9.76. The van der Waals surface area contributed by atoms with Crippen molar-refractivity contribution in [2.45, 2.75) is 50.2 Å². The molecule has 3 aromatic carbocycles. The summed E-state index contributed by atoms with van der Waals surface area (Å²) in [6.45, 7) is 6.94. The van der Waals surface area contributed by atoms with E-state index >= 15 is 0 Å². The van der Waals surface area contributed by atoms with Gasteiger partial charge < -0.3 is 29.1 Å². The lowest BCUT2D eigenvalue weighted by atomic mass is 9.82. The van der Waals surface area contributed by atoms with Crippen LogP contribution in [0.3, 0.4) is 0 Å². The van der Waals surface area contributed by atoms with E-state index in [1.165, 1.54) is 11.7 Å². The van der Waals surface area contributed by atoms with Gasteiger partial charge in [-0.2, -0.15) is 0 Å².